The number of hydrogen-bond donors (Lipinski definition) is 1. The lowest BCUT2D eigenvalue weighted by molar-refractivity contribution is -0.123. The highest BCUT2D eigenvalue weighted by molar-refractivity contribution is 7.18. The number of hydrogen-bond acceptors (Lipinski definition) is 5. The Balaban J connectivity index is 2.53. The van der Waals surface area contributed by atoms with Gasteiger partial charge in [0.05, 0.1) is 6.61 Å². The number of carbonyl (C=O) groups is 2. The van der Waals surface area contributed by atoms with Crippen LogP contribution in [-0.2, 0) is 9.53 Å². The summed E-state index contributed by atoms with van der Waals surface area (Å²) < 4.78 is 5.21. The largest absolute Gasteiger partial charge is 0.462 e. The highest BCUT2D eigenvalue weighted by Gasteiger charge is 2.28. The maximum atomic E-state index is 12.5. The van der Waals surface area contributed by atoms with Crippen molar-refractivity contribution in [3.05, 3.63) is 28.0 Å². The van der Waals surface area contributed by atoms with E-state index in [4.69, 9.17) is 4.74 Å². The summed E-state index contributed by atoms with van der Waals surface area (Å²) in [4.78, 5) is 26.8. The fraction of sp³-hybridized carbons (Fsp3) is 0.412. The molecule has 2 rings (SSSR count). The average Bonchev–Trinajstić information content (AvgIpc) is 3.05. The second kappa shape index (κ2) is 6.84. The molecule has 1 N–H and O–H groups in total. The first-order valence-corrected chi connectivity index (χ1v) is 9.11. The van der Waals surface area contributed by atoms with Gasteiger partial charge in [-0.05, 0) is 25.3 Å². The predicted octanol–water partition coefficient (Wildman–Crippen LogP) is 4.95. The first-order valence-electron chi connectivity index (χ1n) is 7.41. The summed E-state index contributed by atoms with van der Waals surface area (Å²) >= 11 is 2.98. The van der Waals surface area contributed by atoms with Crippen LogP contribution in [0.5, 0.6) is 0 Å². The van der Waals surface area contributed by atoms with E-state index in [-0.39, 0.29) is 5.91 Å². The van der Waals surface area contributed by atoms with Crippen LogP contribution in [0.3, 0.4) is 0 Å². The molecule has 0 aliphatic rings. The van der Waals surface area contributed by atoms with Gasteiger partial charge in [0.2, 0.25) is 5.91 Å². The van der Waals surface area contributed by atoms with Gasteiger partial charge in [-0.1, -0.05) is 26.8 Å². The molecule has 2 aromatic rings. The van der Waals surface area contributed by atoms with Crippen LogP contribution < -0.4 is 5.32 Å². The smallest absolute Gasteiger partial charge is 0.341 e. The quantitative estimate of drug-likeness (QED) is 0.793. The van der Waals surface area contributed by atoms with Gasteiger partial charge in [0.1, 0.15) is 10.6 Å². The highest BCUT2D eigenvalue weighted by Crippen LogP contribution is 2.42. The zero-order chi connectivity index (χ0) is 17.2. The summed E-state index contributed by atoms with van der Waals surface area (Å²) in [6, 6.07) is 3.91. The molecule has 0 aliphatic carbocycles. The Bertz CT molecular complexity index is 709. The molecule has 1 amide bonds. The van der Waals surface area contributed by atoms with Crippen LogP contribution in [0.15, 0.2) is 17.5 Å². The van der Waals surface area contributed by atoms with Crippen molar-refractivity contribution < 1.29 is 14.3 Å². The molecule has 0 aliphatic heterocycles. The zero-order valence-corrected chi connectivity index (χ0v) is 15.6. The third kappa shape index (κ3) is 3.82. The fourth-order valence-corrected chi connectivity index (χ4v) is 3.99. The van der Waals surface area contributed by atoms with Gasteiger partial charge in [0.15, 0.2) is 0 Å². The van der Waals surface area contributed by atoms with Crippen molar-refractivity contribution in [3.8, 4) is 10.4 Å². The van der Waals surface area contributed by atoms with Crippen molar-refractivity contribution in [2.75, 3.05) is 11.9 Å². The first kappa shape index (κ1) is 17.7. The molecule has 0 bridgehead atoms. The van der Waals surface area contributed by atoms with Crippen molar-refractivity contribution in [3.63, 3.8) is 0 Å². The van der Waals surface area contributed by atoms with Crippen LogP contribution in [-0.4, -0.2) is 18.5 Å². The Kier molecular flexibility index (Phi) is 5.26. The van der Waals surface area contributed by atoms with Crippen molar-refractivity contribution in [1.29, 1.82) is 0 Å². The molecule has 0 spiro atoms. The summed E-state index contributed by atoms with van der Waals surface area (Å²) in [5.74, 6) is -0.522. The Morgan fingerprint density at radius 1 is 1.30 bits per heavy atom. The molecule has 0 saturated carbocycles. The van der Waals surface area contributed by atoms with E-state index in [0.717, 1.165) is 15.3 Å². The number of esters is 1. The van der Waals surface area contributed by atoms with Gasteiger partial charge in [-0.15, -0.1) is 22.7 Å². The van der Waals surface area contributed by atoms with Crippen LogP contribution in [0.2, 0.25) is 0 Å². The van der Waals surface area contributed by atoms with E-state index in [1.54, 1.807) is 18.3 Å². The topological polar surface area (TPSA) is 55.4 Å². The van der Waals surface area contributed by atoms with E-state index in [2.05, 4.69) is 5.32 Å². The minimum atomic E-state index is -0.535. The van der Waals surface area contributed by atoms with Crippen molar-refractivity contribution in [2.45, 2.75) is 34.6 Å². The minimum Gasteiger partial charge on any atom is -0.462 e. The lowest BCUT2D eigenvalue weighted by atomic mass is 9.95. The molecule has 0 unspecified atom stereocenters. The monoisotopic (exact) mass is 351 g/mol. The lowest BCUT2D eigenvalue weighted by Gasteiger charge is -2.17. The van der Waals surface area contributed by atoms with E-state index in [9.17, 15) is 9.59 Å². The van der Waals surface area contributed by atoms with Gasteiger partial charge in [0, 0.05) is 20.7 Å². The third-order valence-corrected chi connectivity index (χ3v) is 5.15. The molecule has 0 atom stereocenters. The predicted molar refractivity (Wildman–Crippen MR) is 96.4 cm³/mol. The van der Waals surface area contributed by atoms with E-state index >= 15 is 0 Å². The Morgan fingerprint density at radius 2 is 2.00 bits per heavy atom. The summed E-state index contributed by atoms with van der Waals surface area (Å²) in [6.07, 6.45) is 0. The Hall–Kier alpha value is -1.66. The summed E-state index contributed by atoms with van der Waals surface area (Å²) in [5, 5.41) is 5.42. The fourth-order valence-electron chi connectivity index (χ4n) is 2.04. The molecule has 0 radical (unpaired) electrons. The number of rotatable bonds is 4. The average molecular weight is 351 g/mol. The maximum Gasteiger partial charge on any atom is 0.341 e. The second-order valence-corrected chi connectivity index (χ2v) is 8.31. The summed E-state index contributed by atoms with van der Waals surface area (Å²) in [7, 11) is 0. The summed E-state index contributed by atoms with van der Waals surface area (Å²) in [6.45, 7) is 9.54. The van der Waals surface area contributed by atoms with E-state index in [1.807, 2.05) is 45.2 Å². The molecule has 124 valence electrons. The number of aryl methyl sites for hydroxylation is 1. The van der Waals surface area contributed by atoms with Crippen molar-refractivity contribution in [1.82, 2.24) is 0 Å². The van der Waals surface area contributed by atoms with Crippen molar-refractivity contribution >= 4 is 39.6 Å². The van der Waals surface area contributed by atoms with E-state index in [0.29, 0.717) is 17.2 Å². The van der Waals surface area contributed by atoms with Gasteiger partial charge >= 0.3 is 5.97 Å². The SMILES string of the molecule is CCOC(=O)c1c(NC(=O)C(C)(C)C)sc(C)c1-c1cccs1. The molecule has 23 heavy (non-hydrogen) atoms. The lowest BCUT2D eigenvalue weighted by Crippen LogP contribution is -2.28. The van der Waals surface area contributed by atoms with Gasteiger partial charge < -0.3 is 10.1 Å². The first-order chi connectivity index (χ1) is 10.8. The van der Waals surface area contributed by atoms with Crippen molar-refractivity contribution in [2.24, 2.45) is 5.41 Å². The number of anilines is 1. The molecule has 0 aromatic carbocycles. The standard InChI is InChI=1S/C17H21NO3S2/c1-6-21-15(19)13-12(11-8-7-9-22-11)10(2)23-14(13)18-16(20)17(3,4)5/h7-9H,6H2,1-5H3,(H,18,20). The third-order valence-electron chi connectivity index (χ3n) is 3.24. The number of ether oxygens (including phenoxy) is 1. The second-order valence-electron chi connectivity index (χ2n) is 6.14. The number of carbonyl (C=O) groups excluding carboxylic acids is 2. The molecule has 2 aromatic heterocycles. The van der Waals surface area contributed by atoms with Crippen LogP contribution in [0.4, 0.5) is 5.00 Å². The Morgan fingerprint density at radius 3 is 2.52 bits per heavy atom. The van der Waals surface area contributed by atoms with Crippen LogP contribution in [0, 0.1) is 12.3 Å². The zero-order valence-electron chi connectivity index (χ0n) is 14.0. The van der Waals surface area contributed by atoms with Crippen LogP contribution in [0.1, 0.15) is 42.9 Å². The van der Waals surface area contributed by atoms with Gasteiger partial charge in [0.25, 0.3) is 0 Å². The van der Waals surface area contributed by atoms with Crippen LogP contribution >= 0.6 is 22.7 Å². The Labute approximate surface area is 144 Å². The van der Waals surface area contributed by atoms with Crippen LogP contribution in [0.25, 0.3) is 10.4 Å². The van der Waals surface area contributed by atoms with Gasteiger partial charge in [-0.25, -0.2) is 4.79 Å². The normalized spacial score (nSPS) is 11.3. The molecular formula is C17H21NO3S2. The summed E-state index contributed by atoms with van der Waals surface area (Å²) in [5.41, 5.74) is 0.773. The molecule has 0 fully saturated rings. The van der Waals surface area contributed by atoms with Gasteiger partial charge in [-0.2, -0.15) is 0 Å². The molecule has 6 heteroatoms. The molecule has 0 saturated heterocycles. The van der Waals surface area contributed by atoms with E-state index in [1.165, 1.54) is 11.3 Å². The highest BCUT2D eigenvalue weighted by atomic mass is 32.1. The molecular weight excluding hydrogens is 330 g/mol. The maximum absolute atomic E-state index is 12.5. The number of amides is 1. The number of nitrogens with one attached hydrogen (secondary N) is 1. The number of thiophene rings is 2. The molecule has 4 nitrogen and oxygen atoms in total. The van der Waals surface area contributed by atoms with Gasteiger partial charge in [-0.3, -0.25) is 4.79 Å². The molecule has 2 heterocycles. The van der Waals surface area contributed by atoms with E-state index < -0.39 is 11.4 Å². The minimum absolute atomic E-state index is 0.123.